The summed E-state index contributed by atoms with van der Waals surface area (Å²) in [6, 6.07) is 0. The van der Waals surface area contributed by atoms with Crippen LogP contribution in [-0.2, 0) is 23.8 Å². The molecule has 0 rings (SSSR count). The topological polar surface area (TPSA) is 61.8 Å². The normalized spacial score (nSPS) is 12.4. The Morgan fingerprint density at radius 2 is 0.600 bits per heavy atom. The van der Waals surface area contributed by atoms with Crippen molar-refractivity contribution in [1.82, 2.24) is 0 Å². The van der Waals surface area contributed by atoms with Gasteiger partial charge in [0.2, 0.25) is 0 Å². The molecule has 0 saturated carbocycles. The Hall–Kier alpha value is -2.14. The Morgan fingerprint density at radius 3 is 0.971 bits per heavy atom. The van der Waals surface area contributed by atoms with Crippen LogP contribution in [0.15, 0.2) is 48.6 Å². The highest BCUT2D eigenvalue weighted by atomic mass is 16.6. The molecule has 0 spiro atoms. The van der Waals surface area contributed by atoms with Crippen LogP contribution in [0.4, 0.5) is 0 Å². The molecule has 0 saturated heterocycles. The lowest BCUT2D eigenvalue weighted by molar-refractivity contribution is -0.163. The molecule has 0 aliphatic rings. The quantitative estimate of drug-likeness (QED) is 0.0345. The molecule has 0 N–H and O–H groups in total. The van der Waals surface area contributed by atoms with E-state index in [0.717, 1.165) is 51.4 Å². The number of esters is 2. The molecule has 0 aromatic carbocycles. The fourth-order valence-electron chi connectivity index (χ4n) is 9.16. The van der Waals surface area contributed by atoms with Crippen molar-refractivity contribution in [2.75, 3.05) is 19.8 Å². The zero-order valence-corrected chi connectivity index (χ0v) is 47.3. The number of hydrogen-bond donors (Lipinski definition) is 0. The molecule has 1 atom stereocenters. The lowest BCUT2D eigenvalue weighted by atomic mass is 10.0. The van der Waals surface area contributed by atoms with Crippen LogP contribution >= 0.6 is 0 Å². The lowest BCUT2D eigenvalue weighted by Crippen LogP contribution is -2.30. The Balaban J connectivity index is 4.23. The van der Waals surface area contributed by atoms with Gasteiger partial charge in [-0.05, 0) is 83.5 Å². The van der Waals surface area contributed by atoms with Gasteiger partial charge in [-0.3, -0.25) is 9.59 Å². The van der Waals surface area contributed by atoms with Crippen molar-refractivity contribution in [2.45, 2.75) is 335 Å². The van der Waals surface area contributed by atoms with E-state index in [4.69, 9.17) is 14.2 Å². The van der Waals surface area contributed by atoms with Crippen molar-refractivity contribution >= 4 is 11.9 Å². The van der Waals surface area contributed by atoms with E-state index in [0.29, 0.717) is 19.4 Å². The Kier molecular flexibility index (Phi) is 59.3. The van der Waals surface area contributed by atoms with Crippen molar-refractivity contribution in [3.8, 4) is 0 Å². The van der Waals surface area contributed by atoms with E-state index in [2.05, 4.69) is 69.4 Å². The van der Waals surface area contributed by atoms with Gasteiger partial charge in [-0.2, -0.15) is 0 Å². The molecule has 0 aliphatic carbocycles. The third-order valence-electron chi connectivity index (χ3n) is 13.8. The number of allylic oxidation sites excluding steroid dienone is 8. The van der Waals surface area contributed by atoms with Gasteiger partial charge in [0.05, 0.1) is 6.61 Å². The second-order valence-electron chi connectivity index (χ2n) is 21.0. The minimum absolute atomic E-state index is 0.0863. The Bertz CT molecular complexity index is 1150. The molecule has 0 aromatic rings. The predicted octanol–water partition coefficient (Wildman–Crippen LogP) is 21.5. The fraction of sp³-hybridized carbons (Fsp3) is 0.846. The number of rotatable bonds is 58. The summed E-state index contributed by atoms with van der Waals surface area (Å²) in [6.07, 6.45) is 77.1. The Labute approximate surface area is 437 Å². The molecular formula is C65H120O5. The van der Waals surface area contributed by atoms with E-state index in [1.54, 1.807) is 0 Å². The van der Waals surface area contributed by atoms with Gasteiger partial charge in [-0.1, -0.05) is 281 Å². The van der Waals surface area contributed by atoms with Crippen LogP contribution in [0, 0.1) is 0 Å². The maximum atomic E-state index is 12.9. The maximum absolute atomic E-state index is 12.9. The number of carbonyl (C=O) groups excluding carboxylic acids is 2. The molecular weight excluding hydrogens is 861 g/mol. The second kappa shape index (κ2) is 61.2. The molecule has 0 aromatic heterocycles. The zero-order chi connectivity index (χ0) is 50.6. The lowest BCUT2D eigenvalue weighted by Gasteiger charge is -2.18. The molecule has 0 radical (unpaired) electrons. The summed E-state index contributed by atoms with van der Waals surface area (Å²) >= 11 is 0. The number of hydrogen-bond acceptors (Lipinski definition) is 5. The minimum Gasteiger partial charge on any atom is -0.462 e. The molecule has 0 bridgehead atoms. The monoisotopic (exact) mass is 981 g/mol. The molecule has 1 unspecified atom stereocenters. The summed E-state index contributed by atoms with van der Waals surface area (Å²) in [5, 5.41) is 0. The summed E-state index contributed by atoms with van der Waals surface area (Å²) in [6.45, 7) is 7.83. The van der Waals surface area contributed by atoms with E-state index >= 15 is 0 Å². The highest BCUT2D eigenvalue weighted by molar-refractivity contribution is 5.70. The average Bonchev–Trinajstić information content (AvgIpc) is 3.36. The molecule has 5 heteroatoms. The van der Waals surface area contributed by atoms with Gasteiger partial charge in [0.25, 0.3) is 0 Å². The summed E-state index contributed by atoms with van der Waals surface area (Å²) < 4.78 is 17.5. The van der Waals surface area contributed by atoms with E-state index in [9.17, 15) is 9.59 Å². The maximum Gasteiger partial charge on any atom is 0.306 e. The molecule has 0 heterocycles. The molecule has 70 heavy (non-hydrogen) atoms. The van der Waals surface area contributed by atoms with Crippen LogP contribution in [0.5, 0.6) is 0 Å². The van der Waals surface area contributed by atoms with Crippen molar-refractivity contribution in [3.05, 3.63) is 48.6 Å². The van der Waals surface area contributed by atoms with Crippen molar-refractivity contribution in [1.29, 1.82) is 0 Å². The van der Waals surface area contributed by atoms with Gasteiger partial charge < -0.3 is 14.2 Å². The molecule has 0 aliphatic heterocycles. The summed E-state index contributed by atoms with van der Waals surface area (Å²) in [5.41, 5.74) is 0. The Morgan fingerprint density at radius 1 is 0.314 bits per heavy atom. The summed E-state index contributed by atoms with van der Waals surface area (Å²) in [7, 11) is 0. The van der Waals surface area contributed by atoms with E-state index in [1.807, 2.05) is 0 Å². The molecule has 0 fully saturated rings. The number of unbranched alkanes of at least 4 members (excludes halogenated alkanes) is 39. The first kappa shape index (κ1) is 67.9. The van der Waals surface area contributed by atoms with Crippen LogP contribution in [0.2, 0.25) is 0 Å². The third-order valence-corrected chi connectivity index (χ3v) is 13.8. The van der Waals surface area contributed by atoms with Crippen LogP contribution in [-0.4, -0.2) is 37.9 Å². The van der Waals surface area contributed by atoms with Gasteiger partial charge >= 0.3 is 11.9 Å². The van der Waals surface area contributed by atoms with Crippen LogP contribution in [0.3, 0.4) is 0 Å². The molecule has 0 amide bonds. The number of carbonyl (C=O) groups is 2. The second-order valence-corrected chi connectivity index (χ2v) is 21.0. The van der Waals surface area contributed by atoms with Crippen molar-refractivity contribution in [2.24, 2.45) is 0 Å². The number of ether oxygens (including phenoxy) is 3. The predicted molar refractivity (Wildman–Crippen MR) is 307 cm³/mol. The van der Waals surface area contributed by atoms with Gasteiger partial charge in [-0.15, -0.1) is 0 Å². The first-order valence-corrected chi connectivity index (χ1v) is 31.2. The van der Waals surface area contributed by atoms with Crippen molar-refractivity contribution in [3.63, 3.8) is 0 Å². The van der Waals surface area contributed by atoms with E-state index < -0.39 is 6.10 Å². The zero-order valence-electron chi connectivity index (χ0n) is 47.3. The summed E-state index contributed by atoms with van der Waals surface area (Å²) in [5.74, 6) is -0.384. The van der Waals surface area contributed by atoms with Gasteiger partial charge in [0.1, 0.15) is 6.61 Å². The smallest absolute Gasteiger partial charge is 0.306 e. The first-order valence-electron chi connectivity index (χ1n) is 31.2. The SMILES string of the molecule is CCCCC/C=C\C/C=C\CCCCCCCCCCCCOCC(COC(=O)CCCCCCCCCCC/C=C\C/C=C\CCCCC)OC(=O)CCCCCCCCCCCCCCCCC. The van der Waals surface area contributed by atoms with E-state index in [-0.39, 0.29) is 25.2 Å². The van der Waals surface area contributed by atoms with Crippen LogP contribution < -0.4 is 0 Å². The van der Waals surface area contributed by atoms with Crippen molar-refractivity contribution < 1.29 is 23.8 Å². The largest absolute Gasteiger partial charge is 0.462 e. The van der Waals surface area contributed by atoms with Gasteiger partial charge in [0.15, 0.2) is 6.10 Å². The molecule has 410 valence electrons. The van der Waals surface area contributed by atoms with Crippen LogP contribution in [0.1, 0.15) is 329 Å². The highest BCUT2D eigenvalue weighted by Gasteiger charge is 2.18. The van der Waals surface area contributed by atoms with Gasteiger partial charge in [0, 0.05) is 19.4 Å². The average molecular weight is 982 g/mol. The third kappa shape index (κ3) is 58.4. The molecule has 5 nitrogen and oxygen atoms in total. The fourth-order valence-corrected chi connectivity index (χ4v) is 9.16. The van der Waals surface area contributed by atoms with Crippen LogP contribution in [0.25, 0.3) is 0 Å². The van der Waals surface area contributed by atoms with E-state index in [1.165, 1.54) is 244 Å². The van der Waals surface area contributed by atoms with Gasteiger partial charge in [-0.25, -0.2) is 0 Å². The first-order chi connectivity index (χ1) is 34.6. The minimum atomic E-state index is -0.538. The summed E-state index contributed by atoms with van der Waals surface area (Å²) in [4.78, 5) is 25.6. The standard InChI is InChI=1S/C65H120O5/c1-4-7-10-13-16-19-22-25-28-30-32-34-36-39-42-45-48-51-54-57-60-68-61-63(70-65(67)59-56-53-50-47-44-41-37-27-24-21-18-15-12-9-6-3)62-69-64(66)58-55-52-49-46-43-40-38-35-33-31-29-26-23-20-17-14-11-8-5-2/h16-17,19-20,25-26,28-29,63H,4-15,18,21-24,27,30-62H2,1-3H3/b19-16-,20-17-,28-25-,29-26-. The highest BCUT2D eigenvalue weighted by Crippen LogP contribution is 2.17.